The predicted molar refractivity (Wildman–Crippen MR) is 171 cm³/mol. The molecule has 0 aromatic heterocycles. The van der Waals surface area contributed by atoms with Crippen molar-refractivity contribution in [2.75, 3.05) is 31.7 Å². The number of ether oxygens (including phenoxy) is 3. The fourth-order valence-electron chi connectivity index (χ4n) is 4.46. The number of hydrogen-bond acceptors (Lipinski definition) is 7. The van der Waals surface area contributed by atoms with Gasteiger partial charge in [-0.15, -0.1) is 0 Å². The van der Waals surface area contributed by atoms with Crippen molar-refractivity contribution in [3.63, 3.8) is 0 Å². The summed E-state index contributed by atoms with van der Waals surface area (Å²) in [4.78, 5) is 28.7. The van der Waals surface area contributed by atoms with Crippen molar-refractivity contribution in [2.24, 2.45) is 0 Å². The van der Waals surface area contributed by atoms with Crippen LogP contribution < -0.4 is 23.8 Å². The molecule has 3 aromatic rings. The van der Waals surface area contributed by atoms with E-state index in [1.807, 2.05) is 58.9 Å². The second kappa shape index (κ2) is 14.5. The summed E-state index contributed by atoms with van der Waals surface area (Å²) in [5.74, 6) is 0.228. The number of nitrogens with one attached hydrogen (secondary N) is 1. The smallest absolute Gasteiger partial charge is 0.264 e. The minimum Gasteiger partial charge on any atom is -0.494 e. The Labute approximate surface area is 261 Å². The lowest BCUT2D eigenvalue weighted by Crippen LogP contribution is -2.54. The normalized spacial score (nSPS) is 12.2. The van der Waals surface area contributed by atoms with Gasteiger partial charge in [-0.25, -0.2) is 8.42 Å². The summed E-state index contributed by atoms with van der Waals surface area (Å²) in [6.45, 7) is 11.0. The molecule has 11 heteroatoms. The van der Waals surface area contributed by atoms with E-state index in [1.54, 1.807) is 31.2 Å². The van der Waals surface area contributed by atoms with E-state index in [4.69, 9.17) is 14.2 Å². The van der Waals surface area contributed by atoms with Crippen molar-refractivity contribution in [2.45, 2.75) is 64.6 Å². The maximum atomic E-state index is 14.2. The molecule has 44 heavy (non-hydrogen) atoms. The first-order chi connectivity index (χ1) is 20.7. The molecule has 0 radical (unpaired) electrons. The van der Waals surface area contributed by atoms with Crippen LogP contribution in [0.1, 0.15) is 45.7 Å². The molecule has 2 amide bonds. The zero-order valence-corrected chi connectivity index (χ0v) is 27.5. The average molecular weight is 626 g/mol. The minimum atomic E-state index is -4.31. The monoisotopic (exact) mass is 625 g/mol. The lowest BCUT2D eigenvalue weighted by atomic mass is 10.1. The van der Waals surface area contributed by atoms with Gasteiger partial charge in [0.05, 0.1) is 31.4 Å². The van der Waals surface area contributed by atoms with Crippen LogP contribution >= 0.6 is 0 Å². The number of aryl methyl sites for hydroxylation is 1. The van der Waals surface area contributed by atoms with Gasteiger partial charge in [-0.05, 0) is 83.5 Å². The average Bonchev–Trinajstić information content (AvgIpc) is 2.98. The zero-order chi connectivity index (χ0) is 32.7. The van der Waals surface area contributed by atoms with Gasteiger partial charge in [0, 0.05) is 18.2 Å². The first-order valence-electron chi connectivity index (χ1n) is 14.3. The highest BCUT2D eigenvalue weighted by atomic mass is 32.2. The summed E-state index contributed by atoms with van der Waals surface area (Å²) in [6, 6.07) is 17.4. The molecule has 238 valence electrons. The van der Waals surface area contributed by atoms with Gasteiger partial charge in [-0.2, -0.15) is 0 Å². The lowest BCUT2D eigenvalue weighted by Gasteiger charge is -2.33. The highest BCUT2D eigenvalue weighted by Crippen LogP contribution is 2.33. The number of benzene rings is 3. The van der Waals surface area contributed by atoms with Gasteiger partial charge in [-0.3, -0.25) is 13.9 Å². The van der Waals surface area contributed by atoms with Crippen LogP contribution in [-0.4, -0.2) is 64.1 Å². The molecule has 0 aliphatic rings. The number of carbonyl (C=O) groups excluding carboxylic acids is 2. The molecule has 3 rings (SSSR count). The van der Waals surface area contributed by atoms with Crippen LogP contribution in [0.25, 0.3) is 0 Å². The van der Waals surface area contributed by atoms with Crippen LogP contribution in [0, 0.1) is 6.92 Å². The van der Waals surface area contributed by atoms with E-state index in [0.29, 0.717) is 18.1 Å². The quantitative estimate of drug-likeness (QED) is 0.286. The van der Waals surface area contributed by atoms with E-state index in [-0.39, 0.29) is 28.8 Å². The molecule has 0 saturated heterocycles. The molecule has 0 heterocycles. The highest BCUT2D eigenvalue weighted by molar-refractivity contribution is 7.92. The highest BCUT2D eigenvalue weighted by Gasteiger charge is 2.34. The van der Waals surface area contributed by atoms with Crippen molar-refractivity contribution >= 4 is 27.5 Å². The molecular formula is C33H43N3O7S. The van der Waals surface area contributed by atoms with Crippen LogP contribution in [-0.2, 0) is 26.2 Å². The number of amides is 2. The maximum absolute atomic E-state index is 14.2. The Balaban J connectivity index is 2.09. The van der Waals surface area contributed by atoms with Gasteiger partial charge in [0.25, 0.3) is 10.0 Å². The minimum absolute atomic E-state index is 0.0968. The Bertz CT molecular complexity index is 1530. The Hall–Kier alpha value is -4.25. The Morgan fingerprint density at radius 2 is 1.52 bits per heavy atom. The lowest BCUT2D eigenvalue weighted by molar-refractivity contribution is -0.140. The zero-order valence-electron chi connectivity index (χ0n) is 26.7. The van der Waals surface area contributed by atoms with Gasteiger partial charge in [0.2, 0.25) is 11.8 Å². The third-order valence-corrected chi connectivity index (χ3v) is 8.57. The summed E-state index contributed by atoms with van der Waals surface area (Å²) >= 11 is 0. The molecule has 0 bridgehead atoms. The third-order valence-electron chi connectivity index (χ3n) is 6.80. The van der Waals surface area contributed by atoms with Crippen molar-refractivity contribution in [1.82, 2.24) is 10.2 Å². The molecule has 0 spiro atoms. The van der Waals surface area contributed by atoms with E-state index >= 15 is 0 Å². The molecule has 1 atom stereocenters. The van der Waals surface area contributed by atoms with Crippen LogP contribution in [0.4, 0.5) is 5.69 Å². The molecule has 10 nitrogen and oxygen atoms in total. The Morgan fingerprint density at radius 3 is 2.07 bits per heavy atom. The second-order valence-corrected chi connectivity index (χ2v) is 13.2. The largest absolute Gasteiger partial charge is 0.494 e. The van der Waals surface area contributed by atoms with Crippen molar-refractivity contribution in [3.05, 3.63) is 77.9 Å². The Kier molecular flexibility index (Phi) is 11.3. The Morgan fingerprint density at radius 1 is 0.909 bits per heavy atom. The summed E-state index contributed by atoms with van der Waals surface area (Å²) in [5, 5.41) is 2.93. The summed E-state index contributed by atoms with van der Waals surface area (Å²) in [5.41, 5.74) is 1.57. The summed E-state index contributed by atoms with van der Waals surface area (Å²) < 4.78 is 45.6. The number of sulfonamides is 1. The molecule has 0 saturated carbocycles. The SMILES string of the molecule is CCOc1ccc(N(CC(=O)N(Cc2ccc(C)cc2)C(C)C(=O)NC(C)(C)C)S(=O)(=O)c2ccc(OC)c(OC)c2)cc1. The van der Waals surface area contributed by atoms with Crippen LogP contribution in [0.5, 0.6) is 17.2 Å². The first-order valence-corrected chi connectivity index (χ1v) is 15.8. The number of hydrogen-bond donors (Lipinski definition) is 1. The van der Waals surface area contributed by atoms with Gasteiger partial charge in [0.15, 0.2) is 11.5 Å². The predicted octanol–water partition coefficient (Wildman–Crippen LogP) is 4.94. The van der Waals surface area contributed by atoms with Crippen LogP contribution in [0.2, 0.25) is 0 Å². The molecule has 0 aliphatic carbocycles. The van der Waals surface area contributed by atoms with Gasteiger partial charge in [0.1, 0.15) is 18.3 Å². The van der Waals surface area contributed by atoms with E-state index in [9.17, 15) is 18.0 Å². The van der Waals surface area contributed by atoms with Crippen LogP contribution in [0.15, 0.2) is 71.6 Å². The molecule has 3 aromatic carbocycles. The number of nitrogens with zero attached hydrogens (tertiary/aromatic N) is 2. The summed E-state index contributed by atoms with van der Waals surface area (Å²) in [7, 11) is -1.44. The third kappa shape index (κ3) is 8.66. The summed E-state index contributed by atoms with van der Waals surface area (Å²) in [6.07, 6.45) is 0. The van der Waals surface area contributed by atoms with E-state index in [2.05, 4.69) is 5.32 Å². The molecule has 1 unspecified atom stereocenters. The van der Waals surface area contributed by atoms with E-state index in [0.717, 1.165) is 15.4 Å². The standard InChI is InChI=1S/C33H43N3O7S/c1-9-43-27-16-14-26(15-17-27)36(44(39,40)28-18-19-29(41-7)30(20-28)42-8)22-31(37)35(21-25-12-10-23(2)11-13-25)24(3)32(38)34-33(4,5)6/h10-20,24H,9,21-22H2,1-8H3,(H,34,38). The van der Waals surface area contributed by atoms with E-state index in [1.165, 1.54) is 37.3 Å². The molecular weight excluding hydrogens is 582 g/mol. The first kappa shape index (κ1) is 34.2. The van der Waals surface area contributed by atoms with Crippen molar-refractivity contribution in [3.8, 4) is 17.2 Å². The molecule has 1 N–H and O–H groups in total. The van der Waals surface area contributed by atoms with Gasteiger partial charge < -0.3 is 24.4 Å². The van der Waals surface area contributed by atoms with Crippen molar-refractivity contribution < 1.29 is 32.2 Å². The van der Waals surface area contributed by atoms with Crippen molar-refractivity contribution in [1.29, 1.82) is 0 Å². The topological polar surface area (TPSA) is 114 Å². The fraction of sp³-hybridized carbons (Fsp3) is 0.394. The van der Waals surface area contributed by atoms with Gasteiger partial charge in [-0.1, -0.05) is 29.8 Å². The second-order valence-electron chi connectivity index (χ2n) is 11.4. The number of rotatable bonds is 13. The fourth-order valence-corrected chi connectivity index (χ4v) is 5.89. The molecule has 0 fully saturated rings. The van der Waals surface area contributed by atoms with Gasteiger partial charge >= 0.3 is 0 Å². The van der Waals surface area contributed by atoms with Crippen LogP contribution in [0.3, 0.4) is 0 Å². The maximum Gasteiger partial charge on any atom is 0.264 e. The number of anilines is 1. The number of methoxy groups -OCH3 is 2. The van der Waals surface area contributed by atoms with E-state index < -0.39 is 34.1 Å². The number of carbonyl (C=O) groups is 2. The molecule has 0 aliphatic heterocycles.